The van der Waals surface area contributed by atoms with Gasteiger partial charge in [-0.05, 0) is 23.8 Å². The van der Waals surface area contributed by atoms with E-state index in [0.717, 1.165) is 11.1 Å². The van der Waals surface area contributed by atoms with Gasteiger partial charge in [0.25, 0.3) is 5.56 Å². The van der Waals surface area contributed by atoms with Crippen molar-refractivity contribution < 1.29 is 9.53 Å². The molecule has 2 aromatic heterocycles. The summed E-state index contributed by atoms with van der Waals surface area (Å²) in [5, 5.41) is 3.25. The van der Waals surface area contributed by atoms with Crippen LogP contribution in [0.1, 0.15) is 17.5 Å². The Morgan fingerprint density at radius 1 is 1.00 bits per heavy atom. The Morgan fingerprint density at radius 2 is 1.78 bits per heavy atom. The number of H-pyrrole nitrogens is 1. The van der Waals surface area contributed by atoms with Crippen LogP contribution < -0.4 is 21.3 Å². The van der Waals surface area contributed by atoms with E-state index >= 15 is 0 Å². The molecule has 0 unspecified atom stereocenters. The summed E-state index contributed by atoms with van der Waals surface area (Å²) in [6, 6.07) is 20.2. The molecular formula is C24H22N4O4. The summed E-state index contributed by atoms with van der Waals surface area (Å²) in [5.41, 5.74) is 1.30. The number of para-hydroxylation sites is 1. The molecule has 1 amide bonds. The predicted octanol–water partition coefficient (Wildman–Crippen LogP) is 2.37. The lowest BCUT2D eigenvalue weighted by molar-refractivity contribution is -0.121. The molecule has 0 bridgehead atoms. The fourth-order valence-electron chi connectivity index (χ4n) is 3.37. The average Bonchev–Trinajstić information content (AvgIpc) is 2.82. The first kappa shape index (κ1) is 21.0. The minimum Gasteiger partial charge on any atom is -0.473 e. The van der Waals surface area contributed by atoms with Gasteiger partial charge in [-0.3, -0.25) is 19.1 Å². The van der Waals surface area contributed by atoms with Crippen molar-refractivity contribution in [2.45, 2.75) is 26.1 Å². The third kappa shape index (κ3) is 4.92. The first-order valence-electron chi connectivity index (χ1n) is 10.2. The molecule has 0 aliphatic heterocycles. The quantitative estimate of drug-likeness (QED) is 0.446. The second-order valence-corrected chi connectivity index (χ2v) is 7.20. The Bertz CT molecular complexity index is 1350. The van der Waals surface area contributed by atoms with E-state index in [9.17, 15) is 14.4 Å². The molecule has 0 saturated carbocycles. The summed E-state index contributed by atoms with van der Waals surface area (Å²) >= 11 is 0. The molecule has 2 aromatic carbocycles. The van der Waals surface area contributed by atoms with E-state index in [2.05, 4.69) is 15.3 Å². The van der Waals surface area contributed by atoms with Crippen molar-refractivity contribution in [1.29, 1.82) is 0 Å². The molecule has 2 N–H and O–H groups in total. The van der Waals surface area contributed by atoms with Crippen LogP contribution in [0.2, 0.25) is 0 Å². The number of aryl methyl sites for hydroxylation is 1. The van der Waals surface area contributed by atoms with E-state index in [1.54, 1.807) is 36.5 Å². The molecule has 162 valence electrons. The molecule has 0 aliphatic rings. The highest BCUT2D eigenvalue weighted by atomic mass is 16.5. The van der Waals surface area contributed by atoms with Crippen molar-refractivity contribution in [2.24, 2.45) is 0 Å². The van der Waals surface area contributed by atoms with Crippen LogP contribution >= 0.6 is 0 Å². The number of hydrogen-bond donors (Lipinski definition) is 2. The molecule has 32 heavy (non-hydrogen) atoms. The maximum absolute atomic E-state index is 12.4. The van der Waals surface area contributed by atoms with Gasteiger partial charge in [-0.15, -0.1) is 0 Å². The van der Waals surface area contributed by atoms with Gasteiger partial charge >= 0.3 is 5.69 Å². The minimum absolute atomic E-state index is 0.0798. The molecule has 0 aliphatic carbocycles. The van der Waals surface area contributed by atoms with Gasteiger partial charge in [-0.2, -0.15) is 0 Å². The van der Waals surface area contributed by atoms with Gasteiger partial charge in [0.1, 0.15) is 6.61 Å². The van der Waals surface area contributed by atoms with Crippen LogP contribution in [0.5, 0.6) is 5.88 Å². The second kappa shape index (κ2) is 9.74. The Labute approximate surface area is 183 Å². The smallest absolute Gasteiger partial charge is 0.328 e. The van der Waals surface area contributed by atoms with Gasteiger partial charge < -0.3 is 10.1 Å². The zero-order valence-corrected chi connectivity index (χ0v) is 17.3. The molecule has 2 heterocycles. The lowest BCUT2D eigenvalue weighted by Crippen LogP contribution is -2.32. The molecule has 8 heteroatoms. The monoisotopic (exact) mass is 430 g/mol. The van der Waals surface area contributed by atoms with Gasteiger partial charge in [0.05, 0.1) is 10.9 Å². The summed E-state index contributed by atoms with van der Waals surface area (Å²) in [5.74, 6) is 0.226. The predicted molar refractivity (Wildman–Crippen MR) is 120 cm³/mol. The second-order valence-electron chi connectivity index (χ2n) is 7.20. The van der Waals surface area contributed by atoms with Crippen molar-refractivity contribution in [3.8, 4) is 5.88 Å². The van der Waals surface area contributed by atoms with Crippen LogP contribution in [0, 0.1) is 0 Å². The molecule has 4 aromatic rings. The van der Waals surface area contributed by atoms with E-state index in [0.29, 0.717) is 23.4 Å². The summed E-state index contributed by atoms with van der Waals surface area (Å²) in [7, 11) is 0. The van der Waals surface area contributed by atoms with Crippen LogP contribution in [-0.4, -0.2) is 20.4 Å². The molecule has 0 atom stereocenters. The summed E-state index contributed by atoms with van der Waals surface area (Å²) < 4.78 is 7.22. The van der Waals surface area contributed by atoms with E-state index in [1.807, 2.05) is 36.4 Å². The lowest BCUT2D eigenvalue weighted by Gasteiger charge is -2.12. The normalized spacial score (nSPS) is 10.8. The van der Waals surface area contributed by atoms with E-state index < -0.39 is 11.2 Å². The van der Waals surface area contributed by atoms with Gasteiger partial charge in [0.2, 0.25) is 11.8 Å². The topological polar surface area (TPSA) is 106 Å². The number of aromatic amines is 1. The molecule has 8 nitrogen and oxygen atoms in total. The van der Waals surface area contributed by atoms with Crippen LogP contribution in [0.4, 0.5) is 0 Å². The minimum atomic E-state index is -0.537. The lowest BCUT2D eigenvalue weighted by atomic mass is 10.2. The highest BCUT2D eigenvalue weighted by Gasteiger charge is 2.11. The third-order valence-corrected chi connectivity index (χ3v) is 5.01. The summed E-state index contributed by atoms with van der Waals surface area (Å²) in [6.45, 7) is 0.769. The van der Waals surface area contributed by atoms with E-state index in [4.69, 9.17) is 4.74 Å². The van der Waals surface area contributed by atoms with Crippen molar-refractivity contribution in [2.75, 3.05) is 0 Å². The van der Waals surface area contributed by atoms with Crippen molar-refractivity contribution in [3.63, 3.8) is 0 Å². The average molecular weight is 430 g/mol. The maximum atomic E-state index is 12.4. The number of nitrogens with zero attached hydrogens (tertiary/aromatic N) is 2. The van der Waals surface area contributed by atoms with Gasteiger partial charge in [0, 0.05) is 31.3 Å². The number of rotatable bonds is 8. The fraction of sp³-hybridized carbons (Fsp3) is 0.167. The van der Waals surface area contributed by atoms with Crippen molar-refractivity contribution >= 4 is 16.8 Å². The number of benzene rings is 2. The zero-order valence-electron chi connectivity index (χ0n) is 17.3. The van der Waals surface area contributed by atoms with Crippen LogP contribution in [-0.2, 0) is 24.5 Å². The number of carbonyl (C=O) groups excluding carboxylic acids is 1. The molecular weight excluding hydrogens is 408 g/mol. The highest BCUT2D eigenvalue weighted by molar-refractivity contribution is 5.78. The van der Waals surface area contributed by atoms with Gasteiger partial charge in [-0.1, -0.05) is 48.5 Å². The maximum Gasteiger partial charge on any atom is 0.328 e. The third-order valence-electron chi connectivity index (χ3n) is 5.01. The first-order chi connectivity index (χ1) is 15.6. The van der Waals surface area contributed by atoms with E-state index in [-0.39, 0.29) is 25.4 Å². The number of pyridine rings is 1. The SMILES string of the molecule is O=C(CCn1c(=O)[nH]c(=O)c2ccccc21)NCc1cccnc1OCc1ccccc1. The Kier molecular flexibility index (Phi) is 6.41. The van der Waals surface area contributed by atoms with Crippen LogP contribution in [0.3, 0.4) is 0 Å². The molecule has 4 rings (SSSR count). The summed E-state index contributed by atoms with van der Waals surface area (Å²) in [6.07, 6.45) is 1.72. The van der Waals surface area contributed by atoms with Crippen molar-refractivity contribution in [1.82, 2.24) is 19.9 Å². The van der Waals surface area contributed by atoms with Crippen molar-refractivity contribution in [3.05, 3.63) is 105 Å². The Morgan fingerprint density at radius 3 is 2.62 bits per heavy atom. The van der Waals surface area contributed by atoms with Crippen LogP contribution in [0.25, 0.3) is 10.9 Å². The molecule has 0 radical (unpaired) electrons. The first-order valence-corrected chi connectivity index (χ1v) is 10.2. The van der Waals surface area contributed by atoms with E-state index in [1.165, 1.54) is 4.57 Å². The van der Waals surface area contributed by atoms with Gasteiger partial charge in [0.15, 0.2) is 0 Å². The molecule has 0 spiro atoms. The number of aromatic nitrogens is 3. The van der Waals surface area contributed by atoms with Crippen LogP contribution in [0.15, 0.2) is 82.5 Å². The zero-order chi connectivity index (χ0) is 22.3. The fourth-order valence-corrected chi connectivity index (χ4v) is 3.37. The number of ether oxygens (including phenoxy) is 1. The molecule has 0 fully saturated rings. The largest absolute Gasteiger partial charge is 0.473 e. The number of fused-ring (bicyclic) bond motifs is 1. The number of hydrogen-bond acceptors (Lipinski definition) is 5. The Hall–Kier alpha value is -4.20. The summed E-state index contributed by atoms with van der Waals surface area (Å²) in [4.78, 5) is 43.2. The number of amides is 1. The standard InChI is InChI=1S/C24H22N4O4/c29-21(12-14-28-20-11-5-4-10-19(20)22(30)27-24(28)31)26-15-18-9-6-13-25-23(18)32-16-17-7-2-1-3-8-17/h1-11,13H,12,14-16H2,(H,26,29)(H,27,30,31). The Balaban J connectivity index is 1.38. The molecule has 0 saturated heterocycles. The highest BCUT2D eigenvalue weighted by Crippen LogP contribution is 2.16. The van der Waals surface area contributed by atoms with Gasteiger partial charge in [-0.25, -0.2) is 9.78 Å². The number of nitrogens with one attached hydrogen (secondary N) is 2. The number of carbonyl (C=O) groups is 1.